The first-order valence-electron chi connectivity index (χ1n) is 5.24. The van der Waals surface area contributed by atoms with Crippen molar-refractivity contribution in [3.05, 3.63) is 28.9 Å². The maximum atomic E-state index is 11.8. The van der Waals surface area contributed by atoms with Crippen molar-refractivity contribution >= 4 is 41.3 Å². The summed E-state index contributed by atoms with van der Waals surface area (Å²) in [6.07, 6.45) is 2.59. The fourth-order valence-corrected chi connectivity index (χ4v) is 1.58. The number of pyridine rings is 1. The monoisotopic (exact) mass is 298 g/mol. The Bertz CT molecular complexity index is 588. The number of carbonyl (C=O) groups excluding carboxylic acids is 2. The lowest BCUT2D eigenvalue weighted by atomic mass is 10.1. The molecule has 1 aromatic rings. The number of hydrogen-bond donors (Lipinski definition) is 4. The maximum absolute atomic E-state index is 11.8. The van der Waals surface area contributed by atoms with Crippen molar-refractivity contribution in [2.75, 3.05) is 12.4 Å². The predicted octanol–water partition coefficient (Wildman–Crippen LogP) is 0.265. The average molecular weight is 299 g/mol. The number of rotatable bonds is 3. The maximum Gasteiger partial charge on any atom is 0.396 e. The van der Waals surface area contributed by atoms with Crippen LogP contribution in [0.2, 0.25) is 5.02 Å². The van der Waals surface area contributed by atoms with Gasteiger partial charge in [-0.1, -0.05) is 24.3 Å². The smallest absolute Gasteiger partial charge is 0.396 e. The number of hydrazine groups is 1. The fraction of sp³-hybridized carbons (Fsp3) is 0.0909. The largest absolute Gasteiger partial charge is 0.474 e. The van der Waals surface area contributed by atoms with Crippen LogP contribution in [-0.4, -0.2) is 34.9 Å². The van der Waals surface area contributed by atoms with E-state index in [-0.39, 0.29) is 10.6 Å². The van der Waals surface area contributed by atoms with Gasteiger partial charge in [0, 0.05) is 18.8 Å². The molecule has 2 amide bonds. The topological polar surface area (TPSA) is 120 Å². The van der Waals surface area contributed by atoms with Gasteiger partial charge in [-0.05, 0) is 0 Å². The van der Waals surface area contributed by atoms with Crippen molar-refractivity contribution in [3.8, 4) is 0 Å². The molecule has 0 aliphatic rings. The molecule has 9 heteroatoms. The second-order valence-electron chi connectivity index (χ2n) is 3.42. The summed E-state index contributed by atoms with van der Waals surface area (Å²) < 4.78 is 0. The lowest BCUT2D eigenvalue weighted by molar-refractivity contribution is -0.150. The normalized spacial score (nSPS) is 9.50. The summed E-state index contributed by atoms with van der Waals surface area (Å²) in [6.45, 7) is 3.55. The highest BCUT2D eigenvalue weighted by Crippen LogP contribution is 2.26. The van der Waals surface area contributed by atoms with Gasteiger partial charge in [0.15, 0.2) is 0 Å². The van der Waals surface area contributed by atoms with E-state index in [0.29, 0.717) is 11.4 Å². The quantitative estimate of drug-likeness (QED) is 0.469. The van der Waals surface area contributed by atoms with Crippen molar-refractivity contribution < 1.29 is 19.5 Å². The number of aromatic nitrogens is 1. The van der Waals surface area contributed by atoms with Gasteiger partial charge in [-0.2, -0.15) is 0 Å². The summed E-state index contributed by atoms with van der Waals surface area (Å²) in [7, 11) is 1.62. The van der Waals surface area contributed by atoms with Gasteiger partial charge < -0.3 is 10.4 Å². The number of nitrogens with zero attached hydrogens (tertiary/aromatic N) is 1. The molecule has 0 spiro atoms. The van der Waals surface area contributed by atoms with Crippen LogP contribution in [0, 0.1) is 0 Å². The van der Waals surface area contributed by atoms with Crippen LogP contribution in [0.1, 0.15) is 15.9 Å². The third-order valence-corrected chi connectivity index (χ3v) is 2.63. The number of halogens is 1. The number of carboxylic acids is 1. The fourth-order valence-electron chi connectivity index (χ4n) is 1.28. The van der Waals surface area contributed by atoms with E-state index in [9.17, 15) is 14.4 Å². The highest BCUT2D eigenvalue weighted by Gasteiger charge is 2.18. The van der Waals surface area contributed by atoms with Crippen LogP contribution in [-0.2, 0) is 9.59 Å². The van der Waals surface area contributed by atoms with Gasteiger partial charge in [-0.25, -0.2) is 9.78 Å². The van der Waals surface area contributed by atoms with Crippen LogP contribution in [0.5, 0.6) is 0 Å². The molecule has 8 nitrogen and oxygen atoms in total. The second kappa shape index (κ2) is 6.53. The van der Waals surface area contributed by atoms with E-state index in [1.165, 1.54) is 12.3 Å². The van der Waals surface area contributed by atoms with Crippen LogP contribution < -0.4 is 16.2 Å². The molecule has 0 saturated heterocycles. The molecule has 106 valence electrons. The van der Waals surface area contributed by atoms with Crippen LogP contribution in [0.3, 0.4) is 0 Å². The lowest BCUT2D eigenvalue weighted by Crippen LogP contribution is -2.44. The zero-order valence-electron chi connectivity index (χ0n) is 10.4. The predicted molar refractivity (Wildman–Crippen MR) is 72.1 cm³/mol. The Hall–Kier alpha value is -2.61. The number of hydrogen-bond acceptors (Lipinski definition) is 5. The Morgan fingerprint density at radius 3 is 2.55 bits per heavy atom. The van der Waals surface area contributed by atoms with E-state index in [0.717, 1.165) is 0 Å². The summed E-state index contributed by atoms with van der Waals surface area (Å²) in [6, 6.07) is 0. The Kier molecular flexibility index (Phi) is 5.04. The molecule has 1 heterocycles. The number of carboxylic acid groups (broad SMARTS) is 1. The van der Waals surface area contributed by atoms with Gasteiger partial charge in [0.05, 0.1) is 10.6 Å². The standard InChI is InChI=1S/C11H11ClN4O4/c1-3-5-7(12)6(4-14-8(5)13-2)9(17)15-16-10(18)11(19)20/h3-4H,1H2,2H3,(H,13,14)(H,15,17)(H,16,18)(H,19,20). The summed E-state index contributed by atoms with van der Waals surface area (Å²) in [4.78, 5) is 36.8. The Morgan fingerprint density at radius 1 is 1.40 bits per heavy atom. The van der Waals surface area contributed by atoms with Crippen LogP contribution in [0.15, 0.2) is 12.8 Å². The molecule has 0 radical (unpaired) electrons. The first-order chi connectivity index (χ1) is 9.42. The minimum Gasteiger partial charge on any atom is -0.474 e. The summed E-state index contributed by atoms with van der Waals surface area (Å²) in [5.74, 6) is -3.48. The van der Waals surface area contributed by atoms with Gasteiger partial charge in [0.1, 0.15) is 5.82 Å². The Morgan fingerprint density at radius 2 is 2.05 bits per heavy atom. The highest BCUT2D eigenvalue weighted by atomic mass is 35.5. The molecule has 4 N–H and O–H groups in total. The zero-order chi connectivity index (χ0) is 15.3. The van der Waals surface area contributed by atoms with Crippen LogP contribution >= 0.6 is 11.6 Å². The van der Waals surface area contributed by atoms with E-state index in [1.807, 2.05) is 5.43 Å². The molecule has 0 aromatic carbocycles. The third-order valence-electron chi connectivity index (χ3n) is 2.22. The summed E-state index contributed by atoms with van der Waals surface area (Å²) in [5.41, 5.74) is 3.99. The molecule has 0 fully saturated rings. The van der Waals surface area contributed by atoms with Gasteiger partial charge in [0.2, 0.25) is 0 Å². The molecule has 20 heavy (non-hydrogen) atoms. The van der Waals surface area contributed by atoms with Crippen molar-refractivity contribution in [2.45, 2.75) is 0 Å². The number of anilines is 1. The van der Waals surface area contributed by atoms with Crippen LogP contribution in [0.25, 0.3) is 6.08 Å². The van der Waals surface area contributed by atoms with Crippen molar-refractivity contribution in [3.63, 3.8) is 0 Å². The molecule has 0 unspecified atom stereocenters. The average Bonchev–Trinajstić information content (AvgIpc) is 2.43. The molecule has 0 saturated carbocycles. The first kappa shape index (κ1) is 15.4. The molecule has 0 bridgehead atoms. The lowest BCUT2D eigenvalue weighted by Gasteiger charge is -2.11. The summed E-state index contributed by atoms with van der Waals surface area (Å²) in [5, 5.41) is 11.2. The Labute approximate surface area is 118 Å². The number of nitrogens with one attached hydrogen (secondary N) is 3. The number of carbonyl (C=O) groups is 3. The minimum absolute atomic E-state index is 0.0359. The van der Waals surface area contributed by atoms with Gasteiger partial charge in [-0.15, -0.1) is 0 Å². The minimum atomic E-state index is -1.73. The molecule has 0 atom stereocenters. The molecular formula is C11H11ClN4O4. The van der Waals surface area contributed by atoms with Gasteiger partial charge in [0.25, 0.3) is 5.91 Å². The molecular weight excluding hydrogens is 288 g/mol. The van der Waals surface area contributed by atoms with Crippen molar-refractivity contribution in [1.29, 1.82) is 0 Å². The molecule has 1 rings (SSSR count). The van der Waals surface area contributed by atoms with E-state index >= 15 is 0 Å². The van der Waals surface area contributed by atoms with Gasteiger partial charge >= 0.3 is 11.9 Å². The summed E-state index contributed by atoms with van der Waals surface area (Å²) >= 11 is 6.02. The van der Waals surface area contributed by atoms with E-state index < -0.39 is 17.8 Å². The van der Waals surface area contributed by atoms with Crippen molar-refractivity contribution in [2.24, 2.45) is 0 Å². The van der Waals surface area contributed by atoms with Crippen molar-refractivity contribution in [1.82, 2.24) is 15.8 Å². The SMILES string of the molecule is C=Cc1c(NC)ncc(C(=O)NNC(=O)C(=O)O)c1Cl. The third kappa shape index (κ3) is 3.23. The second-order valence-corrected chi connectivity index (χ2v) is 3.79. The zero-order valence-corrected chi connectivity index (χ0v) is 11.1. The molecule has 0 aliphatic carbocycles. The number of aliphatic carboxylic acids is 1. The van der Waals surface area contributed by atoms with Gasteiger partial charge in [-0.3, -0.25) is 20.4 Å². The van der Waals surface area contributed by atoms with E-state index in [1.54, 1.807) is 12.5 Å². The number of amides is 2. The van der Waals surface area contributed by atoms with Crippen LogP contribution in [0.4, 0.5) is 5.82 Å². The molecule has 0 aliphatic heterocycles. The van der Waals surface area contributed by atoms with E-state index in [4.69, 9.17) is 16.7 Å². The molecule has 1 aromatic heterocycles. The van der Waals surface area contributed by atoms with E-state index in [2.05, 4.69) is 16.9 Å². The Balaban J connectivity index is 2.97. The highest BCUT2D eigenvalue weighted by molar-refractivity contribution is 6.36. The first-order valence-corrected chi connectivity index (χ1v) is 5.62.